The fourth-order valence-electron chi connectivity index (χ4n) is 4.00. The van der Waals surface area contributed by atoms with Crippen LogP contribution in [0, 0.1) is 0 Å². The van der Waals surface area contributed by atoms with Crippen molar-refractivity contribution in [1.82, 2.24) is 9.80 Å². The fraction of sp³-hybridized carbons (Fsp3) is 1.00. The van der Waals surface area contributed by atoms with Crippen LogP contribution in [0.3, 0.4) is 0 Å². The maximum Gasteiger partial charge on any atom is 0.0342 e. The summed E-state index contributed by atoms with van der Waals surface area (Å²) in [5.74, 6) is 0. The van der Waals surface area contributed by atoms with Crippen molar-refractivity contribution in [2.75, 3.05) is 19.6 Å². The molecule has 2 saturated heterocycles. The van der Waals surface area contributed by atoms with Crippen molar-refractivity contribution >= 4 is 0 Å². The molecule has 2 fully saturated rings. The molecule has 2 aliphatic rings. The fourth-order valence-corrected chi connectivity index (χ4v) is 4.00. The van der Waals surface area contributed by atoms with Crippen molar-refractivity contribution in [2.24, 2.45) is 0 Å². The lowest BCUT2D eigenvalue weighted by Crippen LogP contribution is -2.61. The number of likely N-dealkylation sites (tertiary alicyclic amines) is 2. The van der Waals surface area contributed by atoms with Crippen molar-refractivity contribution in [2.45, 2.75) is 77.4 Å². The molecular weight excluding hydrogens is 208 g/mol. The van der Waals surface area contributed by atoms with Gasteiger partial charge in [0.15, 0.2) is 0 Å². The van der Waals surface area contributed by atoms with Gasteiger partial charge in [0.2, 0.25) is 0 Å². The third-order valence-electron chi connectivity index (χ3n) is 4.72. The molecule has 0 aromatic heterocycles. The van der Waals surface area contributed by atoms with E-state index in [9.17, 15) is 0 Å². The van der Waals surface area contributed by atoms with Gasteiger partial charge in [-0.1, -0.05) is 0 Å². The number of piperidine rings is 1. The molecule has 2 heterocycles. The molecule has 0 N–H and O–H groups in total. The second-order valence-electron chi connectivity index (χ2n) is 7.32. The van der Waals surface area contributed by atoms with Gasteiger partial charge in [0, 0.05) is 23.7 Å². The zero-order valence-corrected chi connectivity index (χ0v) is 12.4. The summed E-state index contributed by atoms with van der Waals surface area (Å²) in [7, 11) is 0. The summed E-state index contributed by atoms with van der Waals surface area (Å²) in [6, 6.07) is 0.703. The number of hydrogen-bond acceptors (Lipinski definition) is 2. The van der Waals surface area contributed by atoms with Gasteiger partial charge >= 0.3 is 0 Å². The van der Waals surface area contributed by atoms with Crippen molar-refractivity contribution < 1.29 is 0 Å². The number of rotatable bonds is 1. The van der Waals surface area contributed by atoms with Gasteiger partial charge in [0.25, 0.3) is 0 Å². The van der Waals surface area contributed by atoms with Crippen LogP contribution in [-0.4, -0.2) is 46.6 Å². The smallest absolute Gasteiger partial charge is 0.0342 e. The van der Waals surface area contributed by atoms with Crippen LogP contribution in [0.4, 0.5) is 0 Å². The molecule has 1 spiro atoms. The van der Waals surface area contributed by atoms with Gasteiger partial charge in [0.1, 0.15) is 0 Å². The average molecular weight is 238 g/mol. The van der Waals surface area contributed by atoms with Crippen molar-refractivity contribution in [3.8, 4) is 0 Å². The van der Waals surface area contributed by atoms with Gasteiger partial charge in [-0.2, -0.15) is 0 Å². The SMILES string of the molecule is CC(C)N1CCCC2(CCCN2C(C)(C)C)C1. The maximum absolute atomic E-state index is 2.80. The standard InChI is InChI=1S/C15H30N2/c1-13(2)16-10-6-8-15(12-16)9-7-11-17(15)14(3,4)5/h13H,6-12H2,1-5H3. The molecule has 2 heteroatoms. The second-order valence-corrected chi connectivity index (χ2v) is 7.32. The zero-order valence-electron chi connectivity index (χ0n) is 12.4. The van der Waals surface area contributed by atoms with Crippen LogP contribution >= 0.6 is 0 Å². The molecular formula is C15H30N2. The molecule has 1 unspecified atom stereocenters. The molecule has 0 aliphatic carbocycles. The highest BCUT2D eigenvalue weighted by molar-refractivity contribution is 5.04. The van der Waals surface area contributed by atoms with Gasteiger partial charge in [-0.05, 0) is 73.4 Å². The molecule has 100 valence electrons. The summed E-state index contributed by atoms with van der Waals surface area (Å²) in [4.78, 5) is 5.49. The van der Waals surface area contributed by atoms with Crippen LogP contribution < -0.4 is 0 Å². The molecule has 1 atom stereocenters. The van der Waals surface area contributed by atoms with E-state index >= 15 is 0 Å². The molecule has 0 aromatic rings. The van der Waals surface area contributed by atoms with Crippen LogP contribution in [0.2, 0.25) is 0 Å². The van der Waals surface area contributed by atoms with E-state index in [-0.39, 0.29) is 0 Å². The Balaban J connectivity index is 2.17. The summed E-state index contributed by atoms with van der Waals surface area (Å²) < 4.78 is 0. The highest BCUT2D eigenvalue weighted by atomic mass is 15.3. The third kappa shape index (κ3) is 2.53. The van der Waals surface area contributed by atoms with E-state index in [1.807, 2.05) is 0 Å². The van der Waals surface area contributed by atoms with E-state index < -0.39 is 0 Å². The van der Waals surface area contributed by atoms with Crippen LogP contribution in [0.1, 0.15) is 60.3 Å². The zero-order chi connectivity index (χ0) is 12.7. The molecule has 2 aliphatic heterocycles. The molecule has 17 heavy (non-hydrogen) atoms. The van der Waals surface area contributed by atoms with Crippen molar-refractivity contribution in [3.05, 3.63) is 0 Å². The van der Waals surface area contributed by atoms with Crippen LogP contribution in [0.5, 0.6) is 0 Å². The highest BCUT2D eigenvalue weighted by Gasteiger charge is 2.47. The molecule has 0 amide bonds. The van der Waals surface area contributed by atoms with Gasteiger partial charge < -0.3 is 0 Å². The van der Waals surface area contributed by atoms with Gasteiger partial charge in [-0.15, -0.1) is 0 Å². The van der Waals surface area contributed by atoms with Crippen LogP contribution in [0.15, 0.2) is 0 Å². The lowest BCUT2D eigenvalue weighted by molar-refractivity contribution is -0.0202. The Hall–Kier alpha value is -0.0800. The Morgan fingerprint density at radius 3 is 2.12 bits per heavy atom. The van der Waals surface area contributed by atoms with Gasteiger partial charge in [-0.3, -0.25) is 9.80 Å². The molecule has 2 rings (SSSR count). The minimum atomic E-state index is 0.330. The van der Waals surface area contributed by atoms with E-state index in [1.54, 1.807) is 0 Å². The Kier molecular flexibility index (Phi) is 3.57. The summed E-state index contributed by atoms with van der Waals surface area (Å²) in [6.07, 6.45) is 5.59. The van der Waals surface area contributed by atoms with E-state index in [2.05, 4.69) is 44.4 Å². The minimum absolute atomic E-state index is 0.330. The third-order valence-corrected chi connectivity index (χ3v) is 4.72. The average Bonchev–Trinajstić information content (AvgIpc) is 2.61. The topological polar surface area (TPSA) is 6.48 Å². The Morgan fingerprint density at radius 2 is 1.59 bits per heavy atom. The Labute approximate surface area is 107 Å². The quantitative estimate of drug-likeness (QED) is 0.692. The van der Waals surface area contributed by atoms with Crippen molar-refractivity contribution in [3.63, 3.8) is 0 Å². The van der Waals surface area contributed by atoms with Gasteiger partial charge in [-0.25, -0.2) is 0 Å². The molecule has 0 bridgehead atoms. The highest BCUT2D eigenvalue weighted by Crippen LogP contribution is 2.41. The summed E-state index contributed by atoms with van der Waals surface area (Å²) >= 11 is 0. The van der Waals surface area contributed by atoms with Crippen LogP contribution in [0.25, 0.3) is 0 Å². The number of hydrogen-bond donors (Lipinski definition) is 0. The monoisotopic (exact) mass is 238 g/mol. The first kappa shape index (κ1) is 13.4. The summed E-state index contributed by atoms with van der Waals surface area (Å²) in [5.41, 5.74) is 0.817. The van der Waals surface area contributed by atoms with E-state index in [4.69, 9.17) is 0 Å². The molecule has 0 saturated carbocycles. The molecule has 2 nitrogen and oxygen atoms in total. The second kappa shape index (κ2) is 4.55. The van der Waals surface area contributed by atoms with Gasteiger partial charge in [0.05, 0.1) is 0 Å². The first-order valence-electron chi connectivity index (χ1n) is 7.37. The number of nitrogens with zero attached hydrogens (tertiary/aromatic N) is 2. The summed E-state index contributed by atoms with van der Waals surface area (Å²) in [5, 5.41) is 0. The lowest BCUT2D eigenvalue weighted by atomic mass is 9.83. The van der Waals surface area contributed by atoms with E-state index in [0.29, 0.717) is 17.1 Å². The first-order valence-corrected chi connectivity index (χ1v) is 7.37. The lowest BCUT2D eigenvalue weighted by Gasteiger charge is -2.52. The van der Waals surface area contributed by atoms with Crippen LogP contribution in [-0.2, 0) is 0 Å². The first-order chi connectivity index (χ1) is 7.85. The maximum atomic E-state index is 2.80. The normalized spacial score (nSPS) is 32.8. The van der Waals surface area contributed by atoms with Crippen molar-refractivity contribution in [1.29, 1.82) is 0 Å². The largest absolute Gasteiger partial charge is 0.299 e. The Morgan fingerprint density at radius 1 is 1.00 bits per heavy atom. The molecule has 0 aromatic carbocycles. The Bertz CT molecular complexity index is 267. The predicted octanol–water partition coefficient (Wildman–Crippen LogP) is 3.12. The molecule has 0 radical (unpaired) electrons. The predicted molar refractivity (Wildman–Crippen MR) is 74.4 cm³/mol. The minimum Gasteiger partial charge on any atom is -0.299 e. The van der Waals surface area contributed by atoms with E-state index in [1.165, 1.54) is 45.3 Å². The summed E-state index contributed by atoms with van der Waals surface area (Å²) in [6.45, 7) is 15.7. The van der Waals surface area contributed by atoms with E-state index in [0.717, 1.165) is 0 Å².